The Morgan fingerprint density at radius 3 is 2.21 bits per heavy atom. The quantitative estimate of drug-likeness (QED) is 0.869. The summed E-state index contributed by atoms with van der Waals surface area (Å²) in [4.78, 5) is 21.4. The second-order valence-corrected chi connectivity index (χ2v) is 3.67. The minimum absolute atomic E-state index is 0.186. The van der Waals surface area contributed by atoms with E-state index < -0.39 is 36.0 Å². The van der Waals surface area contributed by atoms with Gasteiger partial charge >= 0.3 is 12.2 Å². The molecule has 0 radical (unpaired) electrons. The fourth-order valence-electron chi connectivity index (χ4n) is 1.51. The lowest BCUT2D eigenvalue weighted by Gasteiger charge is -2.23. The van der Waals surface area contributed by atoms with Crippen molar-refractivity contribution in [3.05, 3.63) is 35.4 Å². The van der Waals surface area contributed by atoms with E-state index in [-0.39, 0.29) is 5.56 Å². The van der Waals surface area contributed by atoms with E-state index in [9.17, 15) is 18.4 Å². The van der Waals surface area contributed by atoms with Crippen LogP contribution in [0, 0.1) is 11.6 Å². The number of benzene rings is 1. The van der Waals surface area contributed by atoms with Crippen LogP contribution in [0.4, 0.5) is 18.4 Å². The van der Waals surface area contributed by atoms with E-state index >= 15 is 0 Å². The molecule has 2 atom stereocenters. The molecule has 0 saturated heterocycles. The lowest BCUT2D eigenvalue weighted by Crippen LogP contribution is -2.31. The number of halogens is 2. The number of hydrogen-bond acceptors (Lipinski definition) is 4. The number of rotatable bonds is 4. The third kappa shape index (κ3) is 4.09. The monoisotopic (exact) mass is 274 g/mol. The maximum atomic E-state index is 13.6. The fourth-order valence-corrected chi connectivity index (χ4v) is 1.51. The van der Waals surface area contributed by atoms with Crippen molar-refractivity contribution in [2.75, 3.05) is 0 Å². The number of carbonyl (C=O) groups excluding carboxylic acids is 2. The van der Waals surface area contributed by atoms with Crippen molar-refractivity contribution in [1.29, 1.82) is 0 Å². The summed E-state index contributed by atoms with van der Waals surface area (Å²) in [6.07, 6.45) is -4.75. The first-order valence-corrected chi connectivity index (χ1v) is 5.18. The van der Waals surface area contributed by atoms with Crippen LogP contribution in [0.5, 0.6) is 0 Å². The highest BCUT2D eigenvalue weighted by molar-refractivity contribution is 5.66. The van der Waals surface area contributed by atoms with Gasteiger partial charge in [-0.25, -0.2) is 18.4 Å². The molecule has 0 bridgehead atoms. The van der Waals surface area contributed by atoms with Gasteiger partial charge in [0.15, 0.2) is 6.10 Å². The van der Waals surface area contributed by atoms with E-state index in [4.69, 9.17) is 11.5 Å². The normalized spacial score (nSPS) is 13.4. The smallest absolute Gasteiger partial charge is 0.405 e. The van der Waals surface area contributed by atoms with Gasteiger partial charge in [-0.05, 0) is 19.1 Å². The van der Waals surface area contributed by atoms with Gasteiger partial charge in [0.1, 0.15) is 17.7 Å². The van der Waals surface area contributed by atoms with Gasteiger partial charge in [-0.3, -0.25) is 0 Å². The van der Waals surface area contributed by atoms with Crippen LogP contribution in [0.3, 0.4) is 0 Å². The predicted molar refractivity (Wildman–Crippen MR) is 59.9 cm³/mol. The molecule has 0 fully saturated rings. The molecular formula is C11H12F2N2O4. The summed E-state index contributed by atoms with van der Waals surface area (Å²) < 4.78 is 35.7. The Kier molecular flexibility index (Phi) is 4.62. The highest BCUT2D eigenvalue weighted by atomic mass is 19.1. The number of amides is 2. The minimum Gasteiger partial charge on any atom is -0.442 e. The molecule has 0 aliphatic rings. The lowest BCUT2D eigenvalue weighted by molar-refractivity contribution is 0.00249. The van der Waals surface area contributed by atoms with E-state index in [0.717, 1.165) is 12.1 Å². The molecule has 0 spiro atoms. The predicted octanol–water partition coefficient (Wildman–Crippen LogP) is 1.58. The average Bonchev–Trinajstić information content (AvgIpc) is 2.25. The average molecular weight is 274 g/mol. The van der Waals surface area contributed by atoms with E-state index in [1.165, 1.54) is 6.92 Å². The zero-order valence-corrected chi connectivity index (χ0v) is 9.93. The van der Waals surface area contributed by atoms with Gasteiger partial charge in [0, 0.05) is 11.6 Å². The van der Waals surface area contributed by atoms with Crippen LogP contribution >= 0.6 is 0 Å². The maximum Gasteiger partial charge on any atom is 0.405 e. The van der Waals surface area contributed by atoms with Crippen molar-refractivity contribution in [2.45, 2.75) is 19.1 Å². The Morgan fingerprint density at radius 2 is 1.74 bits per heavy atom. The number of ether oxygens (including phenoxy) is 2. The molecule has 104 valence electrons. The molecule has 8 heteroatoms. The summed E-state index contributed by atoms with van der Waals surface area (Å²) >= 11 is 0. The van der Waals surface area contributed by atoms with Crippen molar-refractivity contribution >= 4 is 12.2 Å². The summed E-state index contributed by atoms with van der Waals surface area (Å²) in [5.41, 5.74) is 9.48. The molecule has 2 unspecified atom stereocenters. The third-order valence-electron chi connectivity index (χ3n) is 2.24. The standard InChI is InChI=1S/C11H12F2N2O4/c1-5(18-10(14)16)9(19-11(15)17)7-3-2-6(12)4-8(7)13/h2-5,9H,1H3,(H2,14,16)(H2,15,17). The molecule has 2 amide bonds. The lowest BCUT2D eigenvalue weighted by atomic mass is 10.0. The molecule has 6 nitrogen and oxygen atoms in total. The zero-order valence-electron chi connectivity index (χ0n) is 9.93. The zero-order chi connectivity index (χ0) is 14.6. The minimum atomic E-state index is -1.33. The fraction of sp³-hybridized carbons (Fsp3) is 0.273. The first-order chi connectivity index (χ1) is 8.81. The third-order valence-corrected chi connectivity index (χ3v) is 2.24. The number of primary amides is 2. The Morgan fingerprint density at radius 1 is 1.16 bits per heavy atom. The highest BCUT2D eigenvalue weighted by Gasteiger charge is 2.28. The van der Waals surface area contributed by atoms with E-state index in [0.29, 0.717) is 6.07 Å². The van der Waals surface area contributed by atoms with Crippen LogP contribution in [0.25, 0.3) is 0 Å². The summed E-state index contributed by atoms with van der Waals surface area (Å²) in [5, 5.41) is 0. The van der Waals surface area contributed by atoms with Gasteiger partial charge < -0.3 is 20.9 Å². The Labute approximate surface area is 107 Å². The summed E-state index contributed by atoms with van der Waals surface area (Å²) in [6, 6.07) is 2.62. The van der Waals surface area contributed by atoms with E-state index in [1.54, 1.807) is 0 Å². The van der Waals surface area contributed by atoms with Crippen LogP contribution in [0.1, 0.15) is 18.6 Å². The molecule has 1 aromatic rings. The van der Waals surface area contributed by atoms with Gasteiger partial charge in [0.2, 0.25) is 0 Å². The number of nitrogens with two attached hydrogens (primary N) is 2. The largest absolute Gasteiger partial charge is 0.442 e. The number of carbonyl (C=O) groups is 2. The maximum absolute atomic E-state index is 13.6. The molecule has 0 heterocycles. The summed E-state index contributed by atoms with van der Waals surface area (Å²) in [6.45, 7) is 1.32. The highest BCUT2D eigenvalue weighted by Crippen LogP contribution is 2.26. The van der Waals surface area contributed by atoms with Gasteiger partial charge in [0.25, 0.3) is 0 Å². The molecular weight excluding hydrogens is 262 g/mol. The van der Waals surface area contributed by atoms with Crippen molar-refractivity contribution < 1.29 is 27.8 Å². The second kappa shape index (κ2) is 5.98. The van der Waals surface area contributed by atoms with Gasteiger partial charge in [-0.15, -0.1) is 0 Å². The van der Waals surface area contributed by atoms with Crippen molar-refractivity contribution in [3.63, 3.8) is 0 Å². The SMILES string of the molecule is CC(OC(N)=O)C(OC(N)=O)c1ccc(F)cc1F. The molecule has 0 aliphatic carbocycles. The van der Waals surface area contributed by atoms with Gasteiger partial charge in [-0.2, -0.15) is 0 Å². The Hall–Kier alpha value is -2.38. The topological polar surface area (TPSA) is 105 Å². The van der Waals surface area contributed by atoms with E-state index in [1.807, 2.05) is 0 Å². The Bertz CT molecular complexity index is 496. The molecule has 19 heavy (non-hydrogen) atoms. The molecule has 0 aliphatic heterocycles. The number of hydrogen-bond donors (Lipinski definition) is 2. The molecule has 0 saturated carbocycles. The van der Waals surface area contributed by atoms with E-state index in [2.05, 4.69) is 9.47 Å². The van der Waals surface area contributed by atoms with Crippen LogP contribution in [-0.4, -0.2) is 18.3 Å². The summed E-state index contributed by atoms with van der Waals surface area (Å²) in [7, 11) is 0. The first-order valence-electron chi connectivity index (χ1n) is 5.18. The molecule has 1 rings (SSSR count). The van der Waals surface area contributed by atoms with Crippen LogP contribution in [-0.2, 0) is 9.47 Å². The molecule has 1 aromatic carbocycles. The van der Waals surface area contributed by atoms with Crippen LogP contribution in [0.2, 0.25) is 0 Å². The van der Waals surface area contributed by atoms with Crippen LogP contribution in [0.15, 0.2) is 18.2 Å². The van der Waals surface area contributed by atoms with Crippen molar-refractivity contribution in [1.82, 2.24) is 0 Å². The molecule has 4 N–H and O–H groups in total. The summed E-state index contributed by atoms with van der Waals surface area (Å²) in [5.74, 6) is -1.77. The second-order valence-electron chi connectivity index (χ2n) is 3.67. The Balaban J connectivity index is 3.08. The van der Waals surface area contributed by atoms with Crippen molar-refractivity contribution in [2.24, 2.45) is 11.5 Å². The first kappa shape index (κ1) is 14.7. The van der Waals surface area contributed by atoms with Gasteiger partial charge in [-0.1, -0.05) is 0 Å². The van der Waals surface area contributed by atoms with Crippen molar-refractivity contribution in [3.8, 4) is 0 Å². The van der Waals surface area contributed by atoms with Gasteiger partial charge in [0.05, 0.1) is 0 Å². The van der Waals surface area contributed by atoms with Crippen LogP contribution < -0.4 is 11.5 Å². The molecule has 0 aromatic heterocycles.